The molecule has 0 rings (SSSR count). The average molecular weight is 322 g/mol. The molecule has 0 unspecified atom stereocenters. The number of carbonyl (C=O) groups is 3. The summed E-state index contributed by atoms with van der Waals surface area (Å²) in [7, 11) is 9.47. The number of halogens is 2. The Balaban J connectivity index is 0. The summed E-state index contributed by atoms with van der Waals surface area (Å²) in [4.78, 5) is 30.5. The molecule has 0 aliphatic heterocycles. The second-order valence-electron chi connectivity index (χ2n) is 2.53. The normalized spacial score (nSPS) is 10.2. The van der Waals surface area contributed by atoms with Gasteiger partial charge in [0.1, 0.15) is 0 Å². The molecule has 0 spiro atoms. The topological polar surface area (TPSA) is 132 Å². The Morgan fingerprint density at radius 2 is 1.25 bits per heavy atom. The molecule has 4 N–H and O–H groups in total. The third kappa shape index (κ3) is 8.74. The van der Waals surface area contributed by atoms with Gasteiger partial charge in [-0.25, -0.2) is 4.79 Å². The second kappa shape index (κ2) is 8.59. The summed E-state index contributed by atoms with van der Waals surface area (Å²) in [6.07, 6.45) is -2.29. The van der Waals surface area contributed by atoms with Crippen molar-refractivity contribution in [3.05, 3.63) is 0 Å². The monoisotopic (exact) mass is 321 g/mol. The summed E-state index contributed by atoms with van der Waals surface area (Å²) in [6.45, 7) is 0. The summed E-state index contributed by atoms with van der Waals surface area (Å²) in [5.74, 6) is -5.02. The summed E-state index contributed by atoms with van der Waals surface area (Å²) < 4.78 is 0. The molecule has 0 radical (unpaired) electrons. The van der Waals surface area contributed by atoms with Crippen LogP contribution in [0.25, 0.3) is 0 Å². The number of hydrogen-bond acceptors (Lipinski definition) is 4. The van der Waals surface area contributed by atoms with Crippen molar-refractivity contribution < 1.29 is 47.7 Å². The van der Waals surface area contributed by atoms with E-state index in [2.05, 4.69) is 0 Å². The van der Waals surface area contributed by atoms with Crippen LogP contribution in [0.1, 0.15) is 12.8 Å². The van der Waals surface area contributed by atoms with E-state index < -0.39 is 36.4 Å². The summed E-state index contributed by atoms with van der Waals surface area (Å²) in [5.41, 5.74) is -2.74. The maximum absolute atomic E-state index is 10.3. The Hall–Kier alpha value is -0.544. The molecule has 0 atom stereocenters. The van der Waals surface area contributed by atoms with Crippen molar-refractivity contribution in [3.8, 4) is 0 Å². The van der Waals surface area contributed by atoms with Crippen LogP contribution in [-0.2, 0) is 27.3 Å². The van der Waals surface area contributed by atoms with Gasteiger partial charge in [-0.1, -0.05) is 0 Å². The van der Waals surface area contributed by atoms with Crippen LogP contribution in [0, 0.1) is 0 Å². The molecule has 97 valence electrons. The number of hydrogen-bond donors (Lipinski definition) is 4. The number of aliphatic hydroxyl groups is 1. The van der Waals surface area contributed by atoms with Crippen LogP contribution in [-0.4, -0.2) is 43.9 Å². The summed E-state index contributed by atoms with van der Waals surface area (Å²) in [6, 6.07) is 0. The third-order valence-corrected chi connectivity index (χ3v) is 1.29. The van der Waals surface area contributed by atoms with E-state index in [9.17, 15) is 14.4 Å². The fourth-order valence-corrected chi connectivity index (χ4v) is 0.714. The van der Waals surface area contributed by atoms with Crippen LogP contribution in [0.2, 0.25) is 0 Å². The molecular weight excluding hydrogens is 314 g/mol. The fourth-order valence-electron chi connectivity index (χ4n) is 0.714. The molecule has 0 bridgehead atoms. The van der Waals surface area contributed by atoms with E-state index in [-0.39, 0.29) is 0 Å². The Morgan fingerprint density at radius 1 is 1.00 bits per heavy atom. The van der Waals surface area contributed by atoms with Gasteiger partial charge in [0.05, 0.1) is 12.8 Å². The third-order valence-electron chi connectivity index (χ3n) is 1.29. The SMILES string of the molecule is O=C(O)CC(O)(CC(=O)O)C(=O)O.[Cl][Co][Cl]. The number of aliphatic carboxylic acids is 3. The van der Waals surface area contributed by atoms with Gasteiger partial charge in [-0.3, -0.25) is 9.59 Å². The Labute approximate surface area is 104 Å². The molecule has 0 amide bonds. The van der Waals surface area contributed by atoms with E-state index in [1.807, 2.05) is 0 Å². The first-order chi connectivity index (χ1) is 7.19. The van der Waals surface area contributed by atoms with Crippen molar-refractivity contribution in [1.82, 2.24) is 0 Å². The molecular formula is C6H8Cl2CoO7. The minimum atomic E-state index is -2.74. The van der Waals surface area contributed by atoms with Crippen molar-refractivity contribution >= 4 is 38.2 Å². The summed E-state index contributed by atoms with van der Waals surface area (Å²) >= 11 is 0.382. The standard InChI is InChI=1S/C6H8O7.2ClH.Co/c7-3(8)1-6(13,5(11)12)2-4(9)10;;;/h13H,1-2H2,(H,7,8)(H,9,10)(H,11,12);2*1H;/q;;;+2/p-2. The van der Waals surface area contributed by atoms with Crippen LogP contribution >= 0.6 is 20.3 Å². The van der Waals surface area contributed by atoms with Gasteiger partial charge in [0.25, 0.3) is 0 Å². The molecule has 0 aliphatic rings. The Bertz CT molecular complexity index is 254. The van der Waals surface area contributed by atoms with E-state index in [4.69, 9.17) is 40.7 Å². The van der Waals surface area contributed by atoms with Crippen molar-refractivity contribution in [2.75, 3.05) is 0 Å². The molecule has 7 nitrogen and oxygen atoms in total. The zero-order chi connectivity index (χ0) is 13.4. The first-order valence-corrected chi connectivity index (χ1v) is 6.29. The molecule has 16 heavy (non-hydrogen) atoms. The van der Waals surface area contributed by atoms with E-state index >= 15 is 0 Å². The van der Waals surface area contributed by atoms with Crippen LogP contribution in [0.15, 0.2) is 0 Å². The molecule has 0 aromatic heterocycles. The second-order valence-corrected chi connectivity index (χ2v) is 4.24. The van der Waals surface area contributed by atoms with Gasteiger partial charge in [-0.15, -0.1) is 0 Å². The molecule has 0 aromatic rings. The fraction of sp³-hybridized carbons (Fsp3) is 0.500. The van der Waals surface area contributed by atoms with Crippen LogP contribution < -0.4 is 0 Å². The molecule has 0 fully saturated rings. The molecule has 0 saturated heterocycles. The first kappa shape index (κ1) is 17.8. The van der Waals surface area contributed by atoms with Crippen molar-refractivity contribution in [3.63, 3.8) is 0 Å². The van der Waals surface area contributed by atoms with E-state index in [0.717, 1.165) is 0 Å². The van der Waals surface area contributed by atoms with E-state index in [1.54, 1.807) is 0 Å². The minimum absolute atomic E-state index is 0.382. The van der Waals surface area contributed by atoms with Crippen LogP contribution in [0.5, 0.6) is 0 Å². The van der Waals surface area contributed by atoms with Gasteiger partial charge in [-0.2, -0.15) is 0 Å². The predicted octanol–water partition coefficient (Wildman–Crippen LogP) is 0.128. The molecule has 0 aliphatic carbocycles. The van der Waals surface area contributed by atoms with Crippen LogP contribution in [0.4, 0.5) is 0 Å². The predicted molar refractivity (Wildman–Crippen MR) is 48.8 cm³/mol. The van der Waals surface area contributed by atoms with Gasteiger partial charge in [-0.05, 0) is 0 Å². The summed E-state index contributed by atoms with van der Waals surface area (Å²) in [5, 5.41) is 33.8. The molecule has 10 heteroatoms. The molecule has 0 heterocycles. The van der Waals surface area contributed by atoms with Gasteiger partial charge in [0, 0.05) is 0 Å². The Morgan fingerprint density at radius 3 is 1.38 bits per heavy atom. The Kier molecular flexibility index (Phi) is 9.58. The zero-order valence-electron chi connectivity index (χ0n) is 7.52. The number of rotatable bonds is 5. The first-order valence-electron chi connectivity index (χ1n) is 3.42. The van der Waals surface area contributed by atoms with Crippen molar-refractivity contribution in [2.24, 2.45) is 0 Å². The van der Waals surface area contributed by atoms with Gasteiger partial charge in [0.2, 0.25) is 0 Å². The molecule has 0 aromatic carbocycles. The quantitative estimate of drug-likeness (QED) is 0.565. The van der Waals surface area contributed by atoms with Gasteiger partial charge in [0.15, 0.2) is 5.60 Å². The zero-order valence-corrected chi connectivity index (χ0v) is 10.1. The van der Waals surface area contributed by atoms with E-state index in [0.29, 0.717) is 12.9 Å². The average Bonchev–Trinajstić information content (AvgIpc) is 2.01. The van der Waals surface area contributed by atoms with E-state index in [1.165, 1.54) is 0 Å². The van der Waals surface area contributed by atoms with Gasteiger partial charge >= 0.3 is 51.1 Å². The number of carboxylic acids is 3. The van der Waals surface area contributed by atoms with Crippen molar-refractivity contribution in [1.29, 1.82) is 0 Å². The maximum atomic E-state index is 10.3. The van der Waals surface area contributed by atoms with Gasteiger partial charge < -0.3 is 20.4 Å². The number of carboxylic acid groups (broad SMARTS) is 3. The molecule has 0 saturated carbocycles. The van der Waals surface area contributed by atoms with Crippen molar-refractivity contribution in [2.45, 2.75) is 18.4 Å². The van der Waals surface area contributed by atoms with Crippen LogP contribution in [0.3, 0.4) is 0 Å².